The molecule has 2 heterocycles. The molecule has 2 aromatic heterocycles. The van der Waals surface area contributed by atoms with Gasteiger partial charge in [-0.25, -0.2) is 0 Å². The number of hydrogen-bond acceptors (Lipinski definition) is 6. The highest BCUT2D eigenvalue weighted by Gasteiger charge is 2.35. The number of nitrogens with one attached hydrogen (secondary N) is 1. The van der Waals surface area contributed by atoms with Gasteiger partial charge < -0.3 is 24.1 Å². The normalized spacial score (nSPS) is 14.6. The quantitative estimate of drug-likeness (QED) is 0.488. The van der Waals surface area contributed by atoms with E-state index >= 15 is 0 Å². The number of hydrogen-bond donors (Lipinski definition) is 1. The van der Waals surface area contributed by atoms with Gasteiger partial charge in [-0.2, -0.15) is 0 Å². The molecule has 1 aliphatic rings. The fourth-order valence-electron chi connectivity index (χ4n) is 4.24. The minimum Gasteiger partial charge on any atom is -0.493 e. The van der Waals surface area contributed by atoms with E-state index in [0.29, 0.717) is 17.1 Å². The first-order chi connectivity index (χ1) is 16.1. The van der Waals surface area contributed by atoms with E-state index in [1.807, 2.05) is 17.5 Å². The zero-order valence-electron chi connectivity index (χ0n) is 18.8. The van der Waals surface area contributed by atoms with E-state index in [1.54, 1.807) is 49.5 Å². The summed E-state index contributed by atoms with van der Waals surface area (Å²) in [6.07, 6.45) is 5.54. The molecule has 33 heavy (non-hydrogen) atoms. The minimum absolute atomic E-state index is 0.113. The molecule has 1 fully saturated rings. The fourth-order valence-corrected chi connectivity index (χ4v) is 4.94. The molecule has 2 amide bonds. The van der Waals surface area contributed by atoms with Crippen LogP contribution in [0.25, 0.3) is 0 Å². The average molecular weight is 469 g/mol. The average Bonchev–Trinajstić information content (AvgIpc) is 3.62. The molecule has 0 unspecified atom stereocenters. The van der Waals surface area contributed by atoms with Crippen LogP contribution in [0.2, 0.25) is 0 Å². The third kappa shape index (κ3) is 5.22. The summed E-state index contributed by atoms with van der Waals surface area (Å²) in [6.45, 7) is 0.272. The van der Waals surface area contributed by atoms with Crippen molar-refractivity contribution in [3.8, 4) is 11.5 Å². The van der Waals surface area contributed by atoms with Gasteiger partial charge in [0.1, 0.15) is 6.04 Å². The molecule has 174 valence electrons. The van der Waals surface area contributed by atoms with Crippen molar-refractivity contribution in [3.05, 3.63) is 70.3 Å². The summed E-state index contributed by atoms with van der Waals surface area (Å²) in [5.74, 6) is 0.666. The number of rotatable bonds is 9. The van der Waals surface area contributed by atoms with Crippen LogP contribution in [0.3, 0.4) is 0 Å². The molecule has 0 bridgehead atoms. The topological polar surface area (TPSA) is 81.0 Å². The van der Waals surface area contributed by atoms with E-state index in [4.69, 9.17) is 13.9 Å². The van der Waals surface area contributed by atoms with E-state index in [2.05, 4.69) is 5.32 Å². The summed E-state index contributed by atoms with van der Waals surface area (Å²) >= 11 is 1.54. The lowest BCUT2D eigenvalue weighted by Gasteiger charge is -2.31. The first-order valence-electron chi connectivity index (χ1n) is 11.0. The molecule has 0 aliphatic heterocycles. The van der Waals surface area contributed by atoms with Gasteiger partial charge in [-0.05, 0) is 54.1 Å². The maximum Gasteiger partial charge on any atom is 0.290 e. The molecule has 0 spiro atoms. The van der Waals surface area contributed by atoms with Crippen LogP contribution in [-0.2, 0) is 11.3 Å². The largest absolute Gasteiger partial charge is 0.493 e. The van der Waals surface area contributed by atoms with Gasteiger partial charge in [-0.1, -0.05) is 25.0 Å². The summed E-state index contributed by atoms with van der Waals surface area (Å²) in [6, 6.07) is 11.7. The van der Waals surface area contributed by atoms with Gasteiger partial charge >= 0.3 is 0 Å². The van der Waals surface area contributed by atoms with Gasteiger partial charge in [0.05, 0.1) is 27.0 Å². The Morgan fingerprint density at radius 1 is 1.12 bits per heavy atom. The molecule has 4 rings (SSSR count). The van der Waals surface area contributed by atoms with Gasteiger partial charge in [0.15, 0.2) is 17.3 Å². The summed E-state index contributed by atoms with van der Waals surface area (Å²) < 4.78 is 16.3. The Kier molecular flexibility index (Phi) is 7.34. The number of benzene rings is 1. The van der Waals surface area contributed by atoms with Gasteiger partial charge in [0.25, 0.3) is 5.91 Å². The molecular weight excluding hydrogens is 440 g/mol. The molecule has 3 aromatic rings. The lowest BCUT2D eigenvalue weighted by atomic mass is 10.0. The Bertz CT molecular complexity index is 1060. The number of furan rings is 1. The maximum atomic E-state index is 13.7. The van der Waals surface area contributed by atoms with Crippen LogP contribution in [0, 0.1) is 0 Å². The van der Waals surface area contributed by atoms with Crippen LogP contribution in [0.1, 0.15) is 52.7 Å². The fraction of sp³-hybridized carbons (Fsp3) is 0.360. The van der Waals surface area contributed by atoms with Crippen LogP contribution in [0.15, 0.2) is 58.5 Å². The lowest BCUT2D eigenvalue weighted by molar-refractivity contribution is -0.126. The Balaban J connectivity index is 1.76. The molecule has 0 saturated heterocycles. The molecule has 1 atom stereocenters. The monoisotopic (exact) mass is 468 g/mol. The maximum absolute atomic E-state index is 13.7. The van der Waals surface area contributed by atoms with Gasteiger partial charge in [0.2, 0.25) is 5.91 Å². The number of ether oxygens (including phenoxy) is 2. The Labute approximate surface area is 197 Å². The van der Waals surface area contributed by atoms with E-state index in [-0.39, 0.29) is 30.2 Å². The SMILES string of the molecule is COc1ccc([C@H](C(=O)NC2CCCC2)N(Cc2cccs2)C(=O)c2ccco2)cc1OC. The molecule has 7 nitrogen and oxygen atoms in total. The second-order valence-electron chi connectivity index (χ2n) is 8.00. The Morgan fingerprint density at radius 2 is 1.91 bits per heavy atom. The van der Waals surface area contributed by atoms with Crippen LogP contribution in [0.4, 0.5) is 0 Å². The van der Waals surface area contributed by atoms with E-state index in [9.17, 15) is 9.59 Å². The smallest absolute Gasteiger partial charge is 0.290 e. The zero-order valence-corrected chi connectivity index (χ0v) is 19.6. The van der Waals surface area contributed by atoms with Crippen molar-refractivity contribution in [2.75, 3.05) is 14.2 Å². The first kappa shape index (κ1) is 22.9. The second-order valence-corrected chi connectivity index (χ2v) is 9.03. The molecule has 1 aromatic carbocycles. The molecule has 1 aliphatic carbocycles. The van der Waals surface area contributed by atoms with Crippen molar-refractivity contribution in [3.63, 3.8) is 0 Å². The highest BCUT2D eigenvalue weighted by Crippen LogP contribution is 2.34. The number of methoxy groups -OCH3 is 2. The van der Waals surface area contributed by atoms with Crippen LogP contribution in [-0.4, -0.2) is 37.0 Å². The van der Waals surface area contributed by atoms with Crippen molar-refractivity contribution in [2.45, 2.75) is 44.3 Å². The highest BCUT2D eigenvalue weighted by molar-refractivity contribution is 7.09. The molecule has 1 N–H and O–H groups in total. The van der Waals surface area contributed by atoms with Crippen LogP contribution in [0.5, 0.6) is 11.5 Å². The number of carbonyl (C=O) groups is 2. The molecule has 0 radical (unpaired) electrons. The molecule has 8 heteroatoms. The Hall–Kier alpha value is -3.26. The van der Waals surface area contributed by atoms with Crippen molar-refractivity contribution < 1.29 is 23.5 Å². The minimum atomic E-state index is -0.870. The third-order valence-corrected chi connectivity index (χ3v) is 6.75. The predicted molar refractivity (Wildman–Crippen MR) is 126 cm³/mol. The number of nitrogens with zero attached hydrogens (tertiary/aromatic N) is 1. The summed E-state index contributed by atoms with van der Waals surface area (Å²) in [4.78, 5) is 29.8. The van der Waals surface area contributed by atoms with Crippen LogP contribution < -0.4 is 14.8 Å². The van der Waals surface area contributed by atoms with Gasteiger partial charge in [-0.15, -0.1) is 11.3 Å². The number of amides is 2. The third-order valence-electron chi connectivity index (χ3n) is 5.88. The lowest BCUT2D eigenvalue weighted by Crippen LogP contribution is -2.45. The second kappa shape index (κ2) is 10.6. The predicted octanol–water partition coefficient (Wildman–Crippen LogP) is 4.80. The van der Waals surface area contributed by atoms with Crippen molar-refractivity contribution in [2.24, 2.45) is 0 Å². The number of carbonyl (C=O) groups excluding carboxylic acids is 2. The van der Waals surface area contributed by atoms with Crippen molar-refractivity contribution in [1.82, 2.24) is 10.2 Å². The summed E-state index contributed by atoms with van der Waals surface area (Å²) in [5.41, 5.74) is 0.639. The van der Waals surface area contributed by atoms with Crippen LogP contribution >= 0.6 is 11.3 Å². The Morgan fingerprint density at radius 3 is 2.55 bits per heavy atom. The van der Waals surface area contributed by atoms with E-state index < -0.39 is 6.04 Å². The standard InChI is InChI=1S/C25H28N2O5S/c1-30-20-12-11-17(15-22(20)31-2)23(24(28)26-18-7-3-4-8-18)27(16-19-9-6-14-33-19)25(29)21-10-5-13-32-21/h5-6,9-15,18,23H,3-4,7-8,16H2,1-2H3,(H,26,28)/t23-/m1/s1. The highest BCUT2D eigenvalue weighted by atomic mass is 32.1. The van der Waals surface area contributed by atoms with Crippen molar-refractivity contribution >= 4 is 23.2 Å². The number of thiophene rings is 1. The van der Waals surface area contributed by atoms with E-state index in [0.717, 1.165) is 30.6 Å². The zero-order chi connectivity index (χ0) is 23.2. The molecule has 1 saturated carbocycles. The summed E-state index contributed by atoms with van der Waals surface area (Å²) in [5, 5.41) is 5.12. The van der Waals surface area contributed by atoms with Gasteiger partial charge in [-0.3, -0.25) is 9.59 Å². The van der Waals surface area contributed by atoms with Crippen molar-refractivity contribution in [1.29, 1.82) is 0 Å². The first-order valence-corrected chi connectivity index (χ1v) is 11.9. The summed E-state index contributed by atoms with van der Waals surface area (Å²) in [7, 11) is 3.11. The van der Waals surface area contributed by atoms with Gasteiger partial charge in [0, 0.05) is 10.9 Å². The molecular formula is C25H28N2O5S. The van der Waals surface area contributed by atoms with E-state index in [1.165, 1.54) is 17.6 Å².